The number of likely N-dealkylation sites (tertiary alicyclic amines) is 2. The van der Waals surface area contributed by atoms with E-state index in [0.717, 1.165) is 13.0 Å². The molecule has 2 fully saturated rings. The number of nitrogens with one attached hydrogen (secondary N) is 1. The second kappa shape index (κ2) is 5.06. The number of rotatable bonds is 3. The number of amides is 2. The van der Waals surface area contributed by atoms with Crippen molar-refractivity contribution < 1.29 is 9.59 Å². The molecule has 0 aromatic carbocycles. The van der Waals surface area contributed by atoms with Crippen LogP contribution in [0.25, 0.3) is 0 Å². The molecule has 1 aromatic heterocycles. The maximum absolute atomic E-state index is 12.7. The lowest BCUT2D eigenvalue weighted by Crippen LogP contribution is -2.40. The summed E-state index contributed by atoms with van der Waals surface area (Å²) in [5, 5.41) is 0. The molecular formula is C16H21N3O2. The molecule has 1 aromatic rings. The lowest BCUT2D eigenvalue weighted by molar-refractivity contribution is -0.136. The van der Waals surface area contributed by atoms with Crippen LogP contribution in [0.2, 0.25) is 0 Å². The summed E-state index contributed by atoms with van der Waals surface area (Å²) in [6, 6.07) is 1.78. The van der Waals surface area contributed by atoms with Gasteiger partial charge in [0.15, 0.2) is 0 Å². The lowest BCUT2D eigenvalue weighted by atomic mass is 9.78. The lowest BCUT2D eigenvalue weighted by Gasteiger charge is -2.26. The van der Waals surface area contributed by atoms with Crippen LogP contribution >= 0.6 is 0 Å². The molecule has 0 bridgehead atoms. The van der Waals surface area contributed by atoms with Crippen molar-refractivity contribution in [3.8, 4) is 0 Å². The quantitative estimate of drug-likeness (QED) is 0.857. The number of hydrogen-bond donors (Lipinski definition) is 1. The molecule has 3 rings (SSSR count). The maximum Gasteiger partial charge on any atom is 0.255 e. The summed E-state index contributed by atoms with van der Waals surface area (Å²) >= 11 is 0. The topological polar surface area (TPSA) is 56.4 Å². The third-order valence-electron chi connectivity index (χ3n) is 4.93. The fraction of sp³-hybridized carbons (Fsp3) is 0.500. The summed E-state index contributed by atoms with van der Waals surface area (Å²) < 4.78 is 0. The molecule has 2 atom stereocenters. The molecule has 0 saturated carbocycles. The van der Waals surface area contributed by atoms with Gasteiger partial charge < -0.3 is 14.8 Å². The van der Waals surface area contributed by atoms with Crippen molar-refractivity contribution in [3.05, 3.63) is 36.7 Å². The van der Waals surface area contributed by atoms with Crippen LogP contribution in [0.4, 0.5) is 0 Å². The van der Waals surface area contributed by atoms with Crippen LogP contribution in [0.15, 0.2) is 31.1 Å². The first-order chi connectivity index (χ1) is 10.1. The third-order valence-corrected chi connectivity index (χ3v) is 4.93. The highest BCUT2D eigenvalue weighted by atomic mass is 16.2. The number of nitrogens with zero attached hydrogens (tertiary/aromatic N) is 2. The normalized spacial score (nSPS) is 28.6. The van der Waals surface area contributed by atoms with Crippen LogP contribution in [0.1, 0.15) is 23.7 Å². The van der Waals surface area contributed by atoms with Gasteiger partial charge in [0, 0.05) is 38.6 Å². The van der Waals surface area contributed by atoms with Gasteiger partial charge in [0.25, 0.3) is 5.91 Å². The second-order valence-corrected chi connectivity index (χ2v) is 6.13. The molecular weight excluding hydrogens is 266 g/mol. The van der Waals surface area contributed by atoms with Crippen molar-refractivity contribution >= 4 is 11.8 Å². The summed E-state index contributed by atoms with van der Waals surface area (Å²) in [4.78, 5) is 31.8. The van der Waals surface area contributed by atoms with Crippen LogP contribution in [0.3, 0.4) is 0 Å². The average molecular weight is 287 g/mol. The molecule has 0 unspecified atom stereocenters. The Morgan fingerprint density at radius 1 is 1.62 bits per heavy atom. The Morgan fingerprint density at radius 3 is 3.10 bits per heavy atom. The van der Waals surface area contributed by atoms with Gasteiger partial charge in [0.05, 0.1) is 11.0 Å². The van der Waals surface area contributed by atoms with E-state index in [1.165, 1.54) is 0 Å². The van der Waals surface area contributed by atoms with Crippen LogP contribution < -0.4 is 0 Å². The van der Waals surface area contributed by atoms with Crippen molar-refractivity contribution in [2.75, 3.05) is 26.2 Å². The van der Waals surface area contributed by atoms with Crippen LogP contribution in [0, 0.1) is 11.3 Å². The fourth-order valence-corrected chi connectivity index (χ4v) is 3.65. The largest absolute Gasteiger partial charge is 0.367 e. The molecule has 0 aliphatic carbocycles. The minimum Gasteiger partial charge on any atom is -0.367 e. The van der Waals surface area contributed by atoms with E-state index in [0.29, 0.717) is 25.2 Å². The Morgan fingerprint density at radius 2 is 2.43 bits per heavy atom. The van der Waals surface area contributed by atoms with E-state index < -0.39 is 5.41 Å². The number of H-pyrrole nitrogens is 1. The molecule has 112 valence electrons. The molecule has 2 aliphatic rings. The van der Waals surface area contributed by atoms with Gasteiger partial charge in [-0.15, -0.1) is 6.58 Å². The Bertz CT molecular complexity index is 566. The first-order valence-electron chi connectivity index (χ1n) is 7.41. The van der Waals surface area contributed by atoms with Gasteiger partial charge in [0.2, 0.25) is 5.91 Å². The van der Waals surface area contributed by atoms with E-state index in [4.69, 9.17) is 0 Å². The highest BCUT2D eigenvalue weighted by molar-refractivity contribution is 5.95. The van der Waals surface area contributed by atoms with E-state index in [2.05, 4.69) is 18.5 Å². The number of aromatic amines is 1. The SMILES string of the molecule is C=CCN1CC[C@]2(CN(C(=O)c3cc[nH]c3)C[C@H]2C)C1=O. The van der Waals surface area contributed by atoms with Crippen LogP contribution in [-0.2, 0) is 4.79 Å². The zero-order valence-electron chi connectivity index (χ0n) is 12.3. The molecule has 2 amide bonds. The Kier molecular flexibility index (Phi) is 3.35. The maximum atomic E-state index is 12.7. The van der Waals surface area contributed by atoms with Crippen molar-refractivity contribution in [1.82, 2.24) is 14.8 Å². The zero-order valence-corrected chi connectivity index (χ0v) is 12.3. The molecule has 3 heterocycles. The first-order valence-corrected chi connectivity index (χ1v) is 7.41. The standard InChI is InChI=1S/C16H21N3O2/c1-3-7-18-8-5-16(15(18)21)11-19(10-12(16)2)14(20)13-4-6-17-9-13/h3-4,6,9,12,17H,1,5,7-8,10-11H2,2H3/t12-,16-/m1/s1. The molecule has 1 spiro atoms. The van der Waals surface area contributed by atoms with Gasteiger partial charge in [-0.25, -0.2) is 0 Å². The van der Waals surface area contributed by atoms with Crippen molar-refractivity contribution in [1.29, 1.82) is 0 Å². The molecule has 1 N–H and O–H groups in total. The highest BCUT2D eigenvalue weighted by Crippen LogP contribution is 2.44. The molecule has 0 radical (unpaired) electrons. The molecule has 21 heavy (non-hydrogen) atoms. The predicted molar refractivity (Wildman–Crippen MR) is 79.7 cm³/mol. The summed E-state index contributed by atoms with van der Waals surface area (Å²) in [5.74, 6) is 0.386. The van der Waals surface area contributed by atoms with Crippen molar-refractivity contribution in [2.24, 2.45) is 11.3 Å². The van der Waals surface area contributed by atoms with Gasteiger partial charge >= 0.3 is 0 Å². The smallest absolute Gasteiger partial charge is 0.255 e. The van der Waals surface area contributed by atoms with Crippen molar-refractivity contribution in [3.63, 3.8) is 0 Å². The number of carbonyl (C=O) groups excluding carboxylic acids is 2. The van der Waals surface area contributed by atoms with Crippen LogP contribution in [0.5, 0.6) is 0 Å². The van der Waals surface area contributed by atoms with E-state index in [1.807, 2.05) is 9.80 Å². The second-order valence-electron chi connectivity index (χ2n) is 6.13. The minimum atomic E-state index is -0.394. The third kappa shape index (κ3) is 2.07. The molecule has 5 heteroatoms. The predicted octanol–water partition coefficient (Wildman–Crippen LogP) is 1.51. The number of hydrogen-bond acceptors (Lipinski definition) is 2. The van der Waals surface area contributed by atoms with E-state index >= 15 is 0 Å². The number of carbonyl (C=O) groups is 2. The summed E-state index contributed by atoms with van der Waals surface area (Å²) in [7, 11) is 0. The zero-order chi connectivity index (χ0) is 15.0. The van der Waals surface area contributed by atoms with Gasteiger partial charge in [0.1, 0.15) is 0 Å². The number of aromatic nitrogens is 1. The van der Waals surface area contributed by atoms with Gasteiger partial charge in [-0.1, -0.05) is 13.0 Å². The monoisotopic (exact) mass is 287 g/mol. The summed E-state index contributed by atoms with van der Waals surface area (Å²) in [5.41, 5.74) is 0.266. The Labute approximate surface area is 124 Å². The first kappa shape index (κ1) is 13.9. The Balaban J connectivity index is 1.79. The fourth-order valence-electron chi connectivity index (χ4n) is 3.65. The minimum absolute atomic E-state index is 0.00921. The molecule has 2 saturated heterocycles. The van der Waals surface area contributed by atoms with Crippen LogP contribution in [-0.4, -0.2) is 52.8 Å². The Hall–Kier alpha value is -2.04. The van der Waals surface area contributed by atoms with E-state index in [9.17, 15) is 9.59 Å². The van der Waals surface area contributed by atoms with E-state index in [1.54, 1.807) is 24.5 Å². The molecule has 5 nitrogen and oxygen atoms in total. The average Bonchev–Trinajstić information content (AvgIpc) is 3.16. The van der Waals surface area contributed by atoms with Crippen molar-refractivity contribution in [2.45, 2.75) is 13.3 Å². The van der Waals surface area contributed by atoms with Gasteiger partial charge in [-0.3, -0.25) is 9.59 Å². The van der Waals surface area contributed by atoms with Gasteiger partial charge in [-0.05, 0) is 18.4 Å². The highest BCUT2D eigenvalue weighted by Gasteiger charge is 2.55. The molecule has 2 aliphatic heterocycles. The van der Waals surface area contributed by atoms with Gasteiger partial charge in [-0.2, -0.15) is 0 Å². The summed E-state index contributed by atoms with van der Waals surface area (Å²) in [6.07, 6.45) is 6.05. The van der Waals surface area contributed by atoms with E-state index in [-0.39, 0.29) is 17.7 Å². The summed E-state index contributed by atoms with van der Waals surface area (Å²) in [6.45, 7) is 8.34.